The first kappa shape index (κ1) is 15.0. The molecule has 0 aromatic heterocycles. The van der Waals surface area contributed by atoms with Gasteiger partial charge in [-0.05, 0) is 12.1 Å². The maximum atomic E-state index is 12.2. The van der Waals surface area contributed by atoms with Crippen LogP contribution in [0.25, 0.3) is 0 Å². The summed E-state index contributed by atoms with van der Waals surface area (Å²) in [7, 11) is 2.91. The molecule has 1 N–H and O–H groups in total. The number of para-hydroxylation sites is 2. The summed E-state index contributed by atoms with van der Waals surface area (Å²) in [6, 6.07) is 7.02. The SMILES string of the molecule is COC(=O)N1CCN(C(=O)Nc2ccccc2OC)CC1. The number of ether oxygens (including phenoxy) is 2. The fourth-order valence-corrected chi connectivity index (χ4v) is 2.16. The number of hydrogen-bond acceptors (Lipinski definition) is 4. The van der Waals surface area contributed by atoms with E-state index >= 15 is 0 Å². The Hall–Kier alpha value is -2.44. The van der Waals surface area contributed by atoms with Crippen molar-refractivity contribution in [2.24, 2.45) is 0 Å². The van der Waals surface area contributed by atoms with E-state index in [0.29, 0.717) is 37.6 Å². The summed E-state index contributed by atoms with van der Waals surface area (Å²) in [6.45, 7) is 1.87. The highest BCUT2D eigenvalue weighted by molar-refractivity contribution is 5.91. The molecule has 1 aromatic rings. The lowest BCUT2D eigenvalue weighted by atomic mass is 10.3. The molecule has 0 unspecified atom stereocenters. The Kier molecular flexibility index (Phi) is 4.86. The molecule has 0 atom stereocenters. The van der Waals surface area contributed by atoms with Gasteiger partial charge in [-0.15, -0.1) is 0 Å². The number of rotatable bonds is 2. The molecule has 3 amide bonds. The summed E-state index contributed by atoms with van der Waals surface area (Å²) in [5.41, 5.74) is 0.625. The van der Waals surface area contributed by atoms with Crippen molar-refractivity contribution in [3.05, 3.63) is 24.3 Å². The van der Waals surface area contributed by atoms with Gasteiger partial charge in [0.15, 0.2) is 0 Å². The first-order chi connectivity index (χ1) is 10.2. The molecule has 1 saturated heterocycles. The lowest BCUT2D eigenvalue weighted by Crippen LogP contribution is -2.51. The standard InChI is InChI=1S/C14H19N3O4/c1-20-12-6-4-3-5-11(12)15-13(18)16-7-9-17(10-8-16)14(19)21-2/h3-6H,7-10H2,1-2H3,(H,15,18). The van der Waals surface area contributed by atoms with Crippen molar-refractivity contribution < 1.29 is 19.1 Å². The smallest absolute Gasteiger partial charge is 0.409 e. The predicted molar refractivity (Wildman–Crippen MR) is 77.6 cm³/mol. The fourth-order valence-electron chi connectivity index (χ4n) is 2.16. The van der Waals surface area contributed by atoms with Gasteiger partial charge in [-0.25, -0.2) is 9.59 Å². The van der Waals surface area contributed by atoms with Crippen LogP contribution < -0.4 is 10.1 Å². The van der Waals surface area contributed by atoms with Crippen molar-refractivity contribution in [3.8, 4) is 5.75 Å². The second-order valence-electron chi connectivity index (χ2n) is 4.57. The molecule has 1 aliphatic heterocycles. The van der Waals surface area contributed by atoms with Crippen LogP contribution in [0.15, 0.2) is 24.3 Å². The zero-order valence-corrected chi connectivity index (χ0v) is 12.2. The predicted octanol–water partition coefficient (Wildman–Crippen LogP) is 1.61. The second-order valence-corrected chi connectivity index (χ2v) is 4.57. The van der Waals surface area contributed by atoms with Crippen molar-refractivity contribution in [2.75, 3.05) is 45.7 Å². The number of carbonyl (C=O) groups excluding carboxylic acids is 2. The van der Waals surface area contributed by atoms with Gasteiger partial charge in [-0.1, -0.05) is 12.1 Å². The Morgan fingerprint density at radius 2 is 1.67 bits per heavy atom. The zero-order chi connectivity index (χ0) is 15.2. The second kappa shape index (κ2) is 6.83. The molecule has 1 fully saturated rings. The third kappa shape index (κ3) is 3.56. The number of piperazine rings is 1. The number of hydrogen-bond donors (Lipinski definition) is 1. The molecule has 0 radical (unpaired) electrons. The van der Waals surface area contributed by atoms with E-state index in [1.807, 2.05) is 12.1 Å². The van der Waals surface area contributed by atoms with Gasteiger partial charge in [0.1, 0.15) is 5.75 Å². The summed E-state index contributed by atoms with van der Waals surface area (Å²) in [4.78, 5) is 26.8. The zero-order valence-electron chi connectivity index (χ0n) is 12.2. The van der Waals surface area contributed by atoms with Gasteiger partial charge in [-0.3, -0.25) is 0 Å². The normalized spacial score (nSPS) is 14.6. The maximum Gasteiger partial charge on any atom is 0.409 e. The van der Waals surface area contributed by atoms with Gasteiger partial charge in [0.2, 0.25) is 0 Å². The van der Waals surface area contributed by atoms with Gasteiger partial charge in [0, 0.05) is 26.2 Å². The minimum atomic E-state index is -0.361. The van der Waals surface area contributed by atoms with E-state index in [2.05, 4.69) is 10.1 Å². The van der Waals surface area contributed by atoms with E-state index < -0.39 is 0 Å². The highest BCUT2D eigenvalue weighted by atomic mass is 16.5. The quantitative estimate of drug-likeness (QED) is 0.899. The van der Waals surface area contributed by atoms with E-state index in [1.165, 1.54) is 7.11 Å². The van der Waals surface area contributed by atoms with E-state index in [4.69, 9.17) is 4.74 Å². The van der Waals surface area contributed by atoms with E-state index in [0.717, 1.165) is 0 Å². The van der Waals surface area contributed by atoms with Crippen LogP contribution in [-0.4, -0.2) is 62.3 Å². The third-order valence-corrected chi connectivity index (χ3v) is 3.35. The van der Waals surface area contributed by atoms with Crippen molar-refractivity contribution in [1.29, 1.82) is 0 Å². The van der Waals surface area contributed by atoms with Crippen molar-refractivity contribution in [2.45, 2.75) is 0 Å². The molecule has 7 nitrogen and oxygen atoms in total. The minimum Gasteiger partial charge on any atom is -0.495 e. The monoisotopic (exact) mass is 293 g/mol. The molecule has 7 heteroatoms. The Morgan fingerprint density at radius 3 is 2.29 bits per heavy atom. The minimum absolute atomic E-state index is 0.205. The molecule has 1 aromatic carbocycles. The highest BCUT2D eigenvalue weighted by Gasteiger charge is 2.24. The molecule has 0 spiro atoms. The molecule has 21 heavy (non-hydrogen) atoms. The number of nitrogens with zero attached hydrogens (tertiary/aromatic N) is 2. The molecule has 1 heterocycles. The van der Waals surface area contributed by atoms with Crippen LogP contribution in [0.4, 0.5) is 15.3 Å². The van der Waals surface area contributed by atoms with Crippen molar-refractivity contribution in [3.63, 3.8) is 0 Å². The molecular weight excluding hydrogens is 274 g/mol. The van der Waals surface area contributed by atoms with Crippen LogP contribution in [0.1, 0.15) is 0 Å². The number of methoxy groups -OCH3 is 2. The van der Waals surface area contributed by atoms with Gasteiger partial charge < -0.3 is 24.6 Å². The van der Waals surface area contributed by atoms with Gasteiger partial charge >= 0.3 is 12.1 Å². The third-order valence-electron chi connectivity index (χ3n) is 3.35. The molecule has 2 rings (SSSR count). The molecule has 114 valence electrons. The lowest BCUT2D eigenvalue weighted by molar-refractivity contribution is 0.0992. The Morgan fingerprint density at radius 1 is 1.05 bits per heavy atom. The summed E-state index contributed by atoms with van der Waals surface area (Å²) < 4.78 is 9.86. The van der Waals surface area contributed by atoms with Gasteiger partial charge in [0.25, 0.3) is 0 Å². The first-order valence-electron chi connectivity index (χ1n) is 6.67. The molecule has 0 bridgehead atoms. The summed E-state index contributed by atoms with van der Waals surface area (Å²) >= 11 is 0. The topological polar surface area (TPSA) is 71.1 Å². The lowest BCUT2D eigenvalue weighted by Gasteiger charge is -2.33. The molecular formula is C14H19N3O4. The van der Waals surface area contributed by atoms with Crippen LogP contribution in [0, 0.1) is 0 Å². The van der Waals surface area contributed by atoms with E-state index in [9.17, 15) is 9.59 Å². The summed E-state index contributed by atoms with van der Waals surface area (Å²) in [5, 5.41) is 2.82. The first-order valence-corrected chi connectivity index (χ1v) is 6.67. The average Bonchev–Trinajstić information content (AvgIpc) is 2.54. The fraction of sp³-hybridized carbons (Fsp3) is 0.429. The number of benzene rings is 1. The highest BCUT2D eigenvalue weighted by Crippen LogP contribution is 2.23. The van der Waals surface area contributed by atoms with Crippen LogP contribution in [-0.2, 0) is 4.74 Å². The molecule has 0 saturated carbocycles. The van der Waals surface area contributed by atoms with Crippen LogP contribution in [0.3, 0.4) is 0 Å². The Balaban J connectivity index is 1.92. The number of anilines is 1. The van der Waals surface area contributed by atoms with Crippen molar-refractivity contribution >= 4 is 17.8 Å². The Bertz CT molecular complexity index is 513. The number of amides is 3. The average molecular weight is 293 g/mol. The van der Waals surface area contributed by atoms with E-state index in [-0.39, 0.29) is 12.1 Å². The van der Waals surface area contributed by atoms with Crippen LogP contribution in [0.2, 0.25) is 0 Å². The molecule has 1 aliphatic rings. The van der Waals surface area contributed by atoms with E-state index in [1.54, 1.807) is 29.0 Å². The number of carbonyl (C=O) groups is 2. The Labute approximate surface area is 123 Å². The summed E-state index contributed by atoms with van der Waals surface area (Å²) in [5.74, 6) is 0.610. The number of urea groups is 1. The number of nitrogens with one attached hydrogen (secondary N) is 1. The maximum absolute atomic E-state index is 12.2. The van der Waals surface area contributed by atoms with Gasteiger partial charge in [-0.2, -0.15) is 0 Å². The van der Waals surface area contributed by atoms with Crippen LogP contribution >= 0.6 is 0 Å². The molecule has 0 aliphatic carbocycles. The largest absolute Gasteiger partial charge is 0.495 e. The van der Waals surface area contributed by atoms with Crippen LogP contribution in [0.5, 0.6) is 5.75 Å². The van der Waals surface area contributed by atoms with Crippen molar-refractivity contribution in [1.82, 2.24) is 9.80 Å². The summed E-state index contributed by atoms with van der Waals surface area (Å²) in [6.07, 6.45) is -0.361. The van der Waals surface area contributed by atoms with Gasteiger partial charge in [0.05, 0.1) is 19.9 Å².